The number of amides is 3. The van der Waals surface area contributed by atoms with Crippen LogP contribution >= 0.6 is 0 Å². The Kier molecular flexibility index (Phi) is 8.99. The van der Waals surface area contributed by atoms with E-state index in [1.165, 1.54) is 4.90 Å². The Hall–Kier alpha value is -4.59. The lowest BCUT2D eigenvalue weighted by Crippen LogP contribution is -2.57. The molecule has 0 spiro atoms. The maximum Gasteiger partial charge on any atom is 0.394 e. The van der Waals surface area contributed by atoms with Gasteiger partial charge in [-0.15, -0.1) is 0 Å². The first-order valence-corrected chi connectivity index (χ1v) is 18.5. The zero-order valence-corrected chi connectivity index (χ0v) is 28.1. The molecule has 3 fully saturated rings. The second kappa shape index (κ2) is 13.4. The third kappa shape index (κ3) is 7.10. The molecular weight excluding hydrogens is 650 g/mol. The normalized spacial score (nSPS) is 28.3. The maximum absolute atomic E-state index is 14.5. The second-order valence-corrected chi connectivity index (χ2v) is 15.3. The highest BCUT2D eigenvalue weighted by Gasteiger charge is 2.62. The van der Waals surface area contributed by atoms with E-state index < -0.39 is 50.8 Å². The van der Waals surface area contributed by atoms with Gasteiger partial charge in [0.25, 0.3) is 5.91 Å². The monoisotopic (exact) mass is 691 g/mol. The van der Waals surface area contributed by atoms with E-state index in [1.54, 1.807) is 19.2 Å². The van der Waals surface area contributed by atoms with Gasteiger partial charge in [0, 0.05) is 24.1 Å². The number of anilines is 1. The quantitative estimate of drug-likeness (QED) is 0.297. The van der Waals surface area contributed by atoms with Crippen molar-refractivity contribution in [2.75, 3.05) is 19.0 Å². The van der Waals surface area contributed by atoms with Gasteiger partial charge >= 0.3 is 6.08 Å². The van der Waals surface area contributed by atoms with Gasteiger partial charge in [0.1, 0.15) is 35.0 Å². The van der Waals surface area contributed by atoms with Gasteiger partial charge in [-0.25, -0.2) is 8.42 Å². The highest BCUT2D eigenvalue weighted by Crippen LogP contribution is 2.46. The van der Waals surface area contributed by atoms with Crippen LogP contribution in [-0.4, -0.2) is 78.7 Å². The number of hydrogen-bond acceptors (Lipinski definition) is 10. The van der Waals surface area contributed by atoms with Crippen molar-refractivity contribution in [3.05, 3.63) is 60.7 Å². The van der Waals surface area contributed by atoms with Crippen molar-refractivity contribution in [3.8, 4) is 11.8 Å². The molecule has 7 rings (SSSR count). The molecule has 13 nitrogen and oxygen atoms in total. The van der Waals surface area contributed by atoms with Crippen LogP contribution in [0.5, 0.6) is 11.8 Å². The molecule has 1 saturated heterocycles. The van der Waals surface area contributed by atoms with E-state index in [2.05, 4.69) is 20.3 Å². The molecule has 3 aromatic rings. The number of ether oxygens (including phenoxy) is 2. The lowest BCUT2D eigenvalue weighted by Gasteiger charge is -2.30. The van der Waals surface area contributed by atoms with Crippen molar-refractivity contribution in [2.24, 2.45) is 5.92 Å². The number of rotatable bonds is 8. The molecule has 1 aromatic heterocycles. The number of benzene rings is 2. The fraction of sp³-hybridized carbons (Fsp3) is 0.486. The Morgan fingerprint density at radius 3 is 2.71 bits per heavy atom. The molecule has 5 atom stereocenters. The van der Waals surface area contributed by atoms with Crippen molar-refractivity contribution in [1.82, 2.24) is 19.9 Å². The summed E-state index contributed by atoms with van der Waals surface area (Å²) in [6, 6.07) is 12.9. The number of allylic oxidation sites excluding steroid dienone is 1. The molecule has 14 heteroatoms. The Labute approximate surface area is 284 Å². The van der Waals surface area contributed by atoms with E-state index in [0.717, 1.165) is 25.7 Å². The first-order valence-electron chi connectivity index (χ1n) is 16.9. The third-order valence-corrected chi connectivity index (χ3v) is 11.6. The summed E-state index contributed by atoms with van der Waals surface area (Å²) < 4.78 is 45.1. The van der Waals surface area contributed by atoms with E-state index in [9.17, 15) is 22.8 Å². The number of para-hydroxylation sites is 2. The number of nitrogens with zero attached hydrogens (tertiary/aromatic N) is 2. The van der Waals surface area contributed by atoms with E-state index in [1.807, 2.05) is 48.6 Å². The average Bonchev–Trinajstić information content (AvgIpc) is 3.98. The highest BCUT2D eigenvalue weighted by molar-refractivity contribution is 7.91. The predicted molar refractivity (Wildman–Crippen MR) is 180 cm³/mol. The lowest BCUT2D eigenvalue weighted by atomic mass is 10.0. The summed E-state index contributed by atoms with van der Waals surface area (Å²) in [5.41, 5.74) is 0.417. The van der Waals surface area contributed by atoms with Gasteiger partial charge in [0.15, 0.2) is 5.58 Å². The summed E-state index contributed by atoms with van der Waals surface area (Å²) in [5, 5.41) is 5.68. The van der Waals surface area contributed by atoms with Crippen molar-refractivity contribution in [3.63, 3.8) is 0 Å². The Morgan fingerprint density at radius 2 is 1.92 bits per heavy atom. The minimum atomic E-state index is -3.85. The molecule has 2 aliphatic carbocycles. The molecule has 3 heterocycles. The Morgan fingerprint density at radius 1 is 1.08 bits per heavy atom. The first kappa shape index (κ1) is 32.9. The van der Waals surface area contributed by atoms with E-state index in [0.29, 0.717) is 41.8 Å². The minimum absolute atomic E-state index is 0.0291. The van der Waals surface area contributed by atoms with Crippen molar-refractivity contribution in [1.29, 1.82) is 0 Å². The Balaban J connectivity index is 1.18. The van der Waals surface area contributed by atoms with Gasteiger partial charge in [-0.3, -0.25) is 19.1 Å². The number of sulfonamides is 1. The fourth-order valence-electron chi connectivity index (χ4n) is 6.81. The fourth-order valence-corrected chi connectivity index (χ4v) is 8.17. The van der Waals surface area contributed by atoms with E-state index >= 15 is 0 Å². The molecule has 3 amide bonds. The number of carbonyl (C=O) groups is 3. The summed E-state index contributed by atoms with van der Waals surface area (Å²) in [4.78, 5) is 48.2. The van der Waals surface area contributed by atoms with E-state index in [-0.39, 0.29) is 37.3 Å². The topological polar surface area (TPSA) is 169 Å². The van der Waals surface area contributed by atoms with Gasteiger partial charge in [0.05, 0.1) is 18.9 Å². The summed E-state index contributed by atoms with van der Waals surface area (Å²) in [7, 11) is -2.27. The number of hydrogen-bond donors (Lipinski definition) is 3. The van der Waals surface area contributed by atoms with Crippen LogP contribution in [0, 0.1) is 5.92 Å². The molecule has 4 aliphatic rings. The standard InChI is InChI=1S/C35H41N5O8S/c1-46-24-12-9-11-23(18-24)36-28-14-6-4-2-3-5-10-22-20-35(22,33(43)39-49(44,45)26-16-17-26)38-31(41)29-19-25(21-40(29)32(28)42)47-34-37-27-13-7-8-15-30(27)48-34/h5,7-13,15,18,22,25-26,28-29,36H,2-4,6,14,16-17,19-21H2,1H3,(H,38,41)(H,39,43)/b10-5-/t22-,25-,28+,29+,35-/m1/s1. The van der Waals surface area contributed by atoms with Crippen LogP contribution < -0.4 is 24.8 Å². The van der Waals surface area contributed by atoms with Gasteiger partial charge in [-0.05, 0) is 62.8 Å². The number of methoxy groups -OCH3 is 1. The van der Waals surface area contributed by atoms with Crippen molar-refractivity contribution in [2.45, 2.75) is 86.8 Å². The molecular formula is C35H41N5O8S. The summed E-state index contributed by atoms with van der Waals surface area (Å²) in [6.45, 7) is 0.0739. The van der Waals surface area contributed by atoms with Gasteiger partial charge < -0.3 is 29.4 Å². The van der Waals surface area contributed by atoms with E-state index in [4.69, 9.17) is 13.9 Å². The number of nitrogens with one attached hydrogen (secondary N) is 3. The van der Waals surface area contributed by atoms with Crippen LogP contribution in [0.25, 0.3) is 11.1 Å². The average molecular weight is 692 g/mol. The summed E-state index contributed by atoms with van der Waals surface area (Å²) >= 11 is 0. The smallest absolute Gasteiger partial charge is 0.394 e. The molecule has 49 heavy (non-hydrogen) atoms. The van der Waals surface area contributed by atoms with Crippen LogP contribution in [-0.2, 0) is 24.4 Å². The van der Waals surface area contributed by atoms with Gasteiger partial charge in [-0.1, -0.05) is 43.2 Å². The zero-order chi connectivity index (χ0) is 34.2. The SMILES string of the molecule is COc1cccc(N[C@H]2CCCCC/C=C\[C@@H]3C[C@@]3(C(=O)NS(=O)(=O)C3CC3)NC(=O)[C@@H]3C[C@@H](Oc4nc5ccccc5o4)CN3C2=O)c1. The zero-order valence-electron chi connectivity index (χ0n) is 27.3. The summed E-state index contributed by atoms with van der Waals surface area (Å²) in [5.74, 6) is -1.34. The van der Waals surface area contributed by atoms with Gasteiger partial charge in [0.2, 0.25) is 21.8 Å². The predicted octanol–water partition coefficient (Wildman–Crippen LogP) is 3.67. The lowest BCUT2D eigenvalue weighted by molar-refractivity contribution is -0.140. The molecule has 0 bridgehead atoms. The van der Waals surface area contributed by atoms with Gasteiger partial charge in [-0.2, -0.15) is 4.98 Å². The second-order valence-electron chi connectivity index (χ2n) is 13.4. The van der Waals surface area contributed by atoms with Crippen LogP contribution in [0.4, 0.5) is 5.69 Å². The Bertz CT molecular complexity index is 1840. The molecule has 2 aromatic carbocycles. The number of fused-ring (bicyclic) bond motifs is 3. The van der Waals surface area contributed by atoms with Crippen molar-refractivity contribution < 1.29 is 36.7 Å². The molecule has 2 aliphatic heterocycles. The summed E-state index contributed by atoms with van der Waals surface area (Å²) in [6.07, 6.45) is 8.43. The number of carbonyl (C=O) groups excluding carboxylic acids is 3. The molecule has 0 radical (unpaired) electrons. The van der Waals surface area contributed by atoms with Crippen LogP contribution in [0.2, 0.25) is 0 Å². The van der Waals surface area contributed by atoms with Crippen LogP contribution in [0.15, 0.2) is 65.1 Å². The van der Waals surface area contributed by atoms with Crippen molar-refractivity contribution >= 4 is 44.5 Å². The molecule has 3 N–H and O–H groups in total. The first-order chi connectivity index (χ1) is 23.6. The number of aromatic nitrogens is 1. The number of oxazole rings is 1. The minimum Gasteiger partial charge on any atom is -0.497 e. The third-order valence-electron chi connectivity index (χ3n) is 9.80. The maximum atomic E-state index is 14.5. The van der Waals surface area contributed by atoms with Crippen LogP contribution in [0.3, 0.4) is 0 Å². The molecule has 260 valence electrons. The highest BCUT2D eigenvalue weighted by atomic mass is 32.2. The largest absolute Gasteiger partial charge is 0.497 e. The van der Waals surface area contributed by atoms with Crippen LogP contribution in [0.1, 0.15) is 57.8 Å². The molecule has 2 saturated carbocycles. The molecule has 0 unspecified atom stereocenters.